The molecule has 1 aromatic carbocycles. The van der Waals surface area contributed by atoms with Crippen LogP contribution in [0.1, 0.15) is 43.4 Å². The predicted molar refractivity (Wildman–Crippen MR) is 73.6 cm³/mol. The lowest BCUT2D eigenvalue weighted by atomic mass is 10.0. The Balaban J connectivity index is 2.56. The van der Waals surface area contributed by atoms with E-state index in [9.17, 15) is 4.79 Å². The second-order valence-electron chi connectivity index (χ2n) is 4.33. The molecule has 0 saturated carbocycles. The Kier molecular flexibility index (Phi) is 6.47. The van der Waals surface area contributed by atoms with Crippen molar-refractivity contribution in [1.29, 1.82) is 0 Å². The fourth-order valence-corrected chi connectivity index (χ4v) is 1.81. The number of azide groups is 1. The maximum Gasteiger partial charge on any atom is 0.305 e. The van der Waals surface area contributed by atoms with Gasteiger partial charge in [0.15, 0.2) is 0 Å². The molecule has 5 heteroatoms. The van der Waals surface area contributed by atoms with Crippen molar-refractivity contribution in [3.63, 3.8) is 0 Å². The van der Waals surface area contributed by atoms with Crippen LogP contribution >= 0.6 is 0 Å². The van der Waals surface area contributed by atoms with Crippen molar-refractivity contribution >= 4 is 5.97 Å². The van der Waals surface area contributed by atoms with Crippen molar-refractivity contribution in [3.05, 3.63) is 45.8 Å². The van der Waals surface area contributed by atoms with Gasteiger partial charge in [0.1, 0.15) is 0 Å². The molecule has 0 aliphatic carbocycles. The third kappa shape index (κ3) is 5.44. The van der Waals surface area contributed by atoms with Gasteiger partial charge in [-0.05, 0) is 37.8 Å². The molecule has 0 aliphatic rings. The number of rotatable bonds is 7. The summed E-state index contributed by atoms with van der Waals surface area (Å²) in [6, 6.07) is 7.67. The van der Waals surface area contributed by atoms with E-state index in [1.165, 1.54) is 0 Å². The summed E-state index contributed by atoms with van der Waals surface area (Å²) in [6.45, 7) is 4.19. The zero-order valence-electron chi connectivity index (χ0n) is 11.4. The van der Waals surface area contributed by atoms with Crippen LogP contribution < -0.4 is 0 Å². The zero-order chi connectivity index (χ0) is 14.1. The Morgan fingerprint density at radius 1 is 1.42 bits per heavy atom. The molecule has 0 radical (unpaired) electrons. The number of nitrogens with zero attached hydrogens (tertiary/aromatic N) is 3. The lowest BCUT2D eigenvalue weighted by Gasteiger charge is -2.11. The van der Waals surface area contributed by atoms with Gasteiger partial charge < -0.3 is 4.74 Å². The summed E-state index contributed by atoms with van der Waals surface area (Å²) in [7, 11) is 0. The number of aryl methyl sites for hydroxylation is 1. The summed E-state index contributed by atoms with van der Waals surface area (Å²) in [6.07, 6.45) is 1.65. The third-order valence-corrected chi connectivity index (χ3v) is 2.82. The van der Waals surface area contributed by atoms with E-state index in [1.807, 2.05) is 31.2 Å². The number of carbonyl (C=O) groups excluding carboxylic acids is 1. The van der Waals surface area contributed by atoms with Crippen molar-refractivity contribution < 1.29 is 9.53 Å². The van der Waals surface area contributed by atoms with Crippen molar-refractivity contribution in [3.8, 4) is 0 Å². The summed E-state index contributed by atoms with van der Waals surface area (Å²) in [5.41, 5.74) is 10.8. The van der Waals surface area contributed by atoms with Crippen molar-refractivity contribution in [2.45, 2.75) is 39.2 Å². The van der Waals surface area contributed by atoms with Gasteiger partial charge in [-0.25, -0.2) is 0 Å². The van der Waals surface area contributed by atoms with Gasteiger partial charge in [0, 0.05) is 11.3 Å². The number of carbonyl (C=O) groups is 1. The molecule has 0 bridgehead atoms. The highest BCUT2D eigenvalue weighted by Crippen LogP contribution is 2.24. The number of esters is 1. The van der Waals surface area contributed by atoms with E-state index in [-0.39, 0.29) is 12.0 Å². The molecular weight excluding hydrogens is 242 g/mol. The molecule has 1 rings (SSSR count). The average Bonchev–Trinajstić information content (AvgIpc) is 2.39. The topological polar surface area (TPSA) is 75.1 Å². The van der Waals surface area contributed by atoms with Crippen LogP contribution in [-0.4, -0.2) is 12.6 Å². The first-order valence-corrected chi connectivity index (χ1v) is 6.43. The first-order chi connectivity index (χ1) is 9.17. The quantitative estimate of drug-likeness (QED) is 0.321. The molecular formula is C14H19N3O2. The molecule has 0 heterocycles. The highest BCUT2D eigenvalue weighted by Gasteiger charge is 2.10. The smallest absolute Gasteiger partial charge is 0.305 e. The van der Waals surface area contributed by atoms with Gasteiger partial charge in [-0.2, -0.15) is 0 Å². The van der Waals surface area contributed by atoms with Gasteiger partial charge in [0.05, 0.1) is 12.6 Å². The van der Waals surface area contributed by atoms with Gasteiger partial charge in [-0.3, -0.25) is 4.79 Å². The van der Waals surface area contributed by atoms with Gasteiger partial charge in [-0.1, -0.05) is 34.9 Å². The molecule has 0 amide bonds. The van der Waals surface area contributed by atoms with E-state index in [2.05, 4.69) is 10.0 Å². The van der Waals surface area contributed by atoms with Crippen LogP contribution in [0.3, 0.4) is 0 Å². The summed E-state index contributed by atoms with van der Waals surface area (Å²) in [4.78, 5) is 14.1. The van der Waals surface area contributed by atoms with E-state index < -0.39 is 0 Å². The molecule has 1 unspecified atom stereocenters. The molecule has 0 saturated heterocycles. The fourth-order valence-electron chi connectivity index (χ4n) is 1.81. The Labute approximate surface area is 113 Å². The van der Waals surface area contributed by atoms with Crippen LogP contribution in [-0.2, 0) is 9.53 Å². The van der Waals surface area contributed by atoms with Gasteiger partial charge in [0.25, 0.3) is 0 Å². The number of ether oxygens (including phenoxy) is 1. The zero-order valence-corrected chi connectivity index (χ0v) is 11.4. The number of benzene rings is 1. The number of hydrogen-bond acceptors (Lipinski definition) is 3. The highest BCUT2D eigenvalue weighted by atomic mass is 16.5. The van der Waals surface area contributed by atoms with Gasteiger partial charge >= 0.3 is 5.97 Å². The lowest BCUT2D eigenvalue weighted by molar-refractivity contribution is -0.143. The monoisotopic (exact) mass is 261 g/mol. The first kappa shape index (κ1) is 15.1. The van der Waals surface area contributed by atoms with Crippen molar-refractivity contribution in [2.24, 2.45) is 5.11 Å². The molecule has 102 valence electrons. The van der Waals surface area contributed by atoms with Crippen LogP contribution in [0.15, 0.2) is 29.4 Å². The molecule has 0 aromatic heterocycles. The van der Waals surface area contributed by atoms with Crippen LogP contribution in [0.25, 0.3) is 10.4 Å². The second-order valence-corrected chi connectivity index (χ2v) is 4.33. The summed E-state index contributed by atoms with van der Waals surface area (Å²) >= 11 is 0. The minimum atomic E-state index is -0.222. The van der Waals surface area contributed by atoms with Crippen LogP contribution in [0.4, 0.5) is 0 Å². The Morgan fingerprint density at radius 3 is 2.68 bits per heavy atom. The van der Waals surface area contributed by atoms with Gasteiger partial charge in [0.2, 0.25) is 0 Å². The van der Waals surface area contributed by atoms with Crippen molar-refractivity contribution in [2.75, 3.05) is 6.61 Å². The molecule has 19 heavy (non-hydrogen) atoms. The van der Waals surface area contributed by atoms with Crippen molar-refractivity contribution in [1.82, 2.24) is 0 Å². The maximum atomic E-state index is 11.2. The fraction of sp³-hybridized carbons (Fsp3) is 0.500. The first-order valence-electron chi connectivity index (χ1n) is 6.43. The molecule has 0 N–H and O–H groups in total. The Bertz CT molecular complexity index is 450. The Hall–Kier alpha value is -2.00. The molecule has 0 fully saturated rings. The molecule has 1 aromatic rings. The van der Waals surface area contributed by atoms with Crippen LogP contribution in [0.2, 0.25) is 0 Å². The van der Waals surface area contributed by atoms with E-state index in [1.54, 1.807) is 6.92 Å². The SMILES string of the molecule is CCOC(=O)CCCC(N=[N+]=[N-])c1ccc(C)cc1. The molecule has 5 nitrogen and oxygen atoms in total. The number of hydrogen-bond donors (Lipinski definition) is 0. The molecule has 0 spiro atoms. The van der Waals surface area contributed by atoms with Crippen LogP contribution in [0.5, 0.6) is 0 Å². The summed E-state index contributed by atoms with van der Waals surface area (Å²) in [5.74, 6) is -0.203. The summed E-state index contributed by atoms with van der Waals surface area (Å²) in [5, 5.41) is 3.80. The largest absolute Gasteiger partial charge is 0.466 e. The second kappa shape index (κ2) is 8.16. The van der Waals surface area contributed by atoms with E-state index >= 15 is 0 Å². The highest BCUT2D eigenvalue weighted by molar-refractivity contribution is 5.69. The molecule has 1 atom stereocenters. The summed E-state index contributed by atoms with van der Waals surface area (Å²) < 4.78 is 4.86. The third-order valence-electron chi connectivity index (χ3n) is 2.82. The minimum absolute atomic E-state index is 0.203. The maximum absolute atomic E-state index is 11.2. The van der Waals surface area contributed by atoms with E-state index in [4.69, 9.17) is 10.3 Å². The normalized spacial score (nSPS) is 11.5. The van der Waals surface area contributed by atoms with E-state index in [0.717, 1.165) is 11.1 Å². The minimum Gasteiger partial charge on any atom is -0.466 e. The van der Waals surface area contributed by atoms with Gasteiger partial charge in [-0.15, -0.1) is 0 Å². The predicted octanol–water partition coefficient (Wildman–Crippen LogP) is 4.08. The van der Waals surface area contributed by atoms with Crippen LogP contribution in [0, 0.1) is 6.92 Å². The Morgan fingerprint density at radius 2 is 2.11 bits per heavy atom. The van der Waals surface area contributed by atoms with E-state index in [0.29, 0.717) is 25.9 Å². The standard InChI is InChI=1S/C14H19N3O2/c1-3-19-14(18)6-4-5-13(16-17-15)12-9-7-11(2)8-10-12/h7-10,13H,3-6H2,1-2H3. The molecule has 0 aliphatic heterocycles. The lowest BCUT2D eigenvalue weighted by Crippen LogP contribution is -2.04. The average molecular weight is 261 g/mol.